The molecule has 0 aliphatic heterocycles. The van der Waals surface area contributed by atoms with E-state index in [1.54, 1.807) is 0 Å². The topological polar surface area (TPSA) is 20.3 Å². The largest absolute Gasteiger partial charge is 0.297 e. The molecule has 0 saturated heterocycles. The number of nitrogens with zero attached hydrogens (tertiary/aromatic N) is 1. The fraction of sp³-hybridized carbons (Fsp3) is 0.364. The van der Waals surface area contributed by atoms with Crippen molar-refractivity contribution >= 4 is 16.9 Å². The van der Waals surface area contributed by atoms with E-state index in [1.165, 1.54) is 11.8 Å². The van der Waals surface area contributed by atoms with Crippen LogP contribution in [0.3, 0.4) is 0 Å². The Balaban J connectivity index is 2.60. The standard InChI is InChI=1S/C11H15NOS/c1-9(12(2)3)14-11(13)10-7-5-4-6-8-10/h4-9H,1-3H3. The minimum atomic E-state index is 0.131. The van der Waals surface area contributed by atoms with Crippen LogP contribution in [0.5, 0.6) is 0 Å². The molecule has 0 heterocycles. The molecule has 76 valence electrons. The molecule has 0 amide bonds. The van der Waals surface area contributed by atoms with E-state index in [0.717, 1.165) is 5.56 Å². The van der Waals surface area contributed by atoms with Crippen molar-refractivity contribution in [3.8, 4) is 0 Å². The highest BCUT2D eigenvalue weighted by molar-refractivity contribution is 8.14. The molecule has 0 aromatic heterocycles. The first-order valence-corrected chi connectivity index (χ1v) is 5.41. The van der Waals surface area contributed by atoms with Gasteiger partial charge in [0.05, 0.1) is 5.37 Å². The molecule has 0 aliphatic rings. The van der Waals surface area contributed by atoms with E-state index in [-0.39, 0.29) is 10.5 Å². The Labute approximate surface area is 89.3 Å². The number of rotatable bonds is 3. The van der Waals surface area contributed by atoms with E-state index in [4.69, 9.17) is 0 Å². The average Bonchev–Trinajstić information content (AvgIpc) is 2.19. The number of benzene rings is 1. The second-order valence-electron chi connectivity index (χ2n) is 3.33. The summed E-state index contributed by atoms with van der Waals surface area (Å²) in [7, 11) is 3.94. The van der Waals surface area contributed by atoms with E-state index in [0.29, 0.717) is 0 Å². The summed E-state index contributed by atoms with van der Waals surface area (Å²) in [6.07, 6.45) is 0. The van der Waals surface area contributed by atoms with E-state index in [1.807, 2.05) is 56.3 Å². The number of thioether (sulfide) groups is 1. The van der Waals surface area contributed by atoms with Crippen molar-refractivity contribution in [3.63, 3.8) is 0 Å². The van der Waals surface area contributed by atoms with Gasteiger partial charge in [-0.15, -0.1) is 0 Å². The van der Waals surface area contributed by atoms with Gasteiger partial charge in [-0.1, -0.05) is 42.1 Å². The summed E-state index contributed by atoms with van der Waals surface area (Å²) in [6.45, 7) is 2.02. The summed E-state index contributed by atoms with van der Waals surface area (Å²) >= 11 is 1.35. The Morgan fingerprint density at radius 1 is 1.29 bits per heavy atom. The lowest BCUT2D eigenvalue weighted by atomic mass is 10.2. The van der Waals surface area contributed by atoms with Crippen LogP contribution in [0.2, 0.25) is 0 Å². The fourth-order valence-electron chi connectivity index (χ4n) is 0.903. The van der Waals surface area contributed by atoms with Crippen LogP contribution in [-0.2, 0) is 0 Å². The molecule has 1 unspecified atom stereocenters. The monoisotopic (exact) mass is 209 g/mol. The molecule has 0 saturated carbocycles. The van der Waals surface area contributed by atoms with Crippen molar-refractivity contribution in [2.24, 2.45) is 0 Å². The molecule has 2 nitrogen and oxygen atoms in total. The Morgan fingerprint density at radius 3 is 2.36 bits per heavy atom. The van der Waals surface area contributed by atoms with Crippen molar-refractivity contribution in [1.82, 2.24) is 4.90 Å². The van der Waals surface area contributed by atoms with Crippen molar-refractivity contribution < 1.29 is 4.79 Å². The second-order valence-corrected chi connectivity index (χ2v) is 4.62. The average molecular weight is 209 g/mol. The van der Waals surface area contributed by atoms with Gasteiger partial charge in [-0.2, -0.15) is 0 Å². The maximum Gasteiger partial charge on any atom is 0.220 e. The fourth-order valence-corrected chi connectivity index (χ4v) is 1.70. The quantitative estimate of drug-likeness (QED) is 0.713. The first-order valence-electron chi connectivity index (χ1n) is 4.53. The van der Waals surface area contributed by atoms with Crippen LogP contribution in [0.4, 0.5) is 0 Å². The van der Waals surface area contributed by atoms with Gasteiger partial charge in [0, 0.05) is 5.56 Å². The molecule has 0 aliphatic carbocycles. The van der Waals surface area contributed by atoms with Gasteiger partial charge >= 0.3 is 0 Å². The number of hydrogen-bond donors (Lipinski definition) is 0. The lowest BCUT2D eigenvalue weighted by Crippen LogP contribution is -2.22. The predicted octanol–water partition coefficient (Wildman–Crippen LogP) is 2.47. The first kappa shape index (κ1) is 11.3. The van der Waals surface area contributed by atoms with Crippen LogP contribution in [0.15, 0.2) is 30.3 Å². The SMILES string of the molecule is CC(SC(=O)c1ccccc1)N(C)C. The summed E-state index contributed by atoms with van der Waals surface area (Å²) in [5.41, 5.74) is 0.770. The Morgan fingerprint density at radius 2 is 1.86 bits per heavy atom. The molecule has 1 atom stereocenters. The van der Waals surface area contributed by atoms with Crippen molar-refractivity contribution in [2.45, 2.75) is 12.3 Å². The Kier molecular flexibility index (Phi) is 4.17. The number of carbonyl (C=O) groups is 1. The van der Waals surface area contributed by atoms with Crippen LogP contribution in [0.1, 0.15) is 17.3 Å². The highest BCUT2D eigenvalue weighted by Gasteiger charge is 2.12. The minimum absolute atomic E-state index is 0.131. The zero-order valence-electron chi connectivity index (χ0n) is 8.73. The van der Waals surface area contributed by atoms with Gasteiger partial charge in [-0.05, 0) is 21.0 Å². The van der Waals surface area contributed by atoms with Crippen molar-refractivity contribution in [1.29, 1.82) is 0 Å². The van der Waals surface area contributed by atoms with Crippen molar-refractivity contribution in [2.75, 3.05) is 14.1 Å². The smallest absolute Gasteiger partial charge is 0.220 e. The lowest BCUT2D eigenvalue weighted by molar-refractivity contribution is 0.108. The number of hydrogen-bond acceptors (Lipinski definition) is 3. The van der Waals surface area contributed by atoms with Crippen LogP contribution >= 0.6 is 11.8 Å². The van der Waals surface area contributed by atoms with E-state index in [2.05, 4.69) is 0 Å². The number of carbonyl (C=O) groups excluding carboxylic acids is 1. The maximum atomic E-state index is 11.7. The summed E-state index contributed by atoms with van der Waals surface area (Å²) < 4.78 is 0. The third-order valence-corrected chi connectivity index (χ3v) is 3.23. The lowest BCUT2D eigenvalue weighted by Gasteiger charge is -2.17. The molecule has 0 N–H and O–H groups in total. The van der Waals surface area contributed by atoms with E-state index < -0.39 is 0 Å². The molecular weight excluding hydrogens is 194 g/mol. The maximum absolute atomic E-state index is 11.7. The van der Waals surface area contributed by atoms with Crippen LogP contribution in [0, 0.1) is 0 Å². The molecule has 14 heavy (non-hydrogen) atoms. The van der Waals surface area contributed by atoms with Crippen LogP contribution in [0.25, 0.3) is 0 Å². The van der Waals surface area contributed by atoms with Gasteiger partial charge < -0.3 is 0 Å². The van der Waals surface area contributed by atoms with E-state index >= 15 is 0 Å². The summed E-state index contributed by atoms with van der Waals surface area (Å²) in [5, 5.41) is 0.342. The summed E-state index contributed by atoms with van der Waals surface area (Å²) in [4.78, 5) is 13.7. The third-order valence-electron chi connectivity index (χ3n) is 2.01. The summed E-state index contributed by atoms with van der Waals surface area (Å²) in [6, 6.07) is 9.37. The van der Waals surface area contributed by atoms with E-state index in [9.17, 15) is 4.79 Å². The zero-order valence-corrected chi connectivity index (χ0v) is 9.54. The highest BCUT2D eigenvalue weighted by atomic mass is 32.2. The Hall–Kier alpha value is -0.800. The van der Waals surface area contributed by atoms with Gasteiger partial charge in [0.2, 0.25) is 5.12 Å². The second kappa shape index (κ2) is 5.17. The minimum Gasteiger partial charge on any atom is -0.297 e. The Bertz CT molecular complexity index is 297. The van der Waals surface area contributed by atoms with Gasteiger partial charge in [0.15, 0.2) is 0 Å². The van der Waals surface area contributed by atoms with Gasteiger partial charge in [0.1, 0.15) is 0 Å². The molecule has 1 rings (SSSR count). The molecule has 1 aromatic carbocycles. The molecule has 0 fully saturated rings. The third kappa shape index (κ3) is 3.16. The van der Waals surface area contributed by atoms with Crippen LogP contribution in [-0.4, -0.2) is 29.5 Å². The molecule has 0 spiro atoms. The predicted molar refractivity (Wildman–Crippen MR) is 61.5 cm³/mol. The molecule has 0 bridgehead atoms. The molecular formula is C11H15NOS. The molecule has 1 aromatic rings. The van der Waals surface area contributed by atoms with Gasteiger partial charge in [-0.25, -0.2) is 0 Å². The van der Waals surface area contributed by atoms with Crippen LogP contribution < -0.4 is 0 Å². The summed E-state index contributed by atoms with van der Waals surface area (Å²) in [5.74, 6) is 0. The molecule has 3 heteroatoms. The normalized spacial score (nSPS) is 12.9. The highest BCUT2D eigenvalue weighted by Crippen LogP contribution is 2.18. The van der Waals surface area contributed by atoms with Gasteiger partial charge in [0.25, 0.3) is 0 Å². The molecule has 0 radical (unpaired) electrons. The van der Waals surface area contributed by atoms with Crippen molar-refractivity contribution in [3.05, 3.63) is 35.9 Å². The zero-order chi connectivity index (χ0) is 10.6. The van der Waals surface area contributed by atoms with Gasteiger partial charge in [-0.3, -0.25) is 9.69 Å². The first-order chi connectivity index (χ1) is 6.61.